The normalized spacial score (nSPS) is 12.5. The molecule has 0 unspecified atom stereocenters. The average Bonchev–Trinajstić information content (AvgIpc) is 2.75. The van der Waals surface area contributed by atoms with Gasteiger partial charge in [0.1, 0.15) is 22.9 Å². The van der Waals surface area contributed by atoms with Crippen LogP contribution in [-0.2, 0) is 9.53 Å². The maximum Gasteiger partial charge on any atom is 0.342 e. The molecule has 0 aliphatic heterocycles. The highest BCUT2D eigenvalue weighted by molar-refractivity contribution is 5.94. The lowest BCUT2D eigenvalue weighted by Gasteiger charge is -2.19. The molecule has 0 heterocycles. The summed E-state index contributed by atoms with van der Waals surface area (Å²) in [5.41, 5.74) is 0.956. The zero-order valence-electron chi connectivity index (χ0n) is 16.7. The number of hydrogen-bond acceptors (Lipinski definition) is 4. The van der Waals surface area contributed by atoms with Crippen LogP contribution in [-0.4, -0.2) is 18.0 Å². The molecular weight excluding hydrogens is 385 g/mol. The zero-order chi connectivity index (χ0) is 21.5. The molecule has 0 bridgehead atoms. The fourth-order valence-electron chi connectivity index (χ4n) is 2.78. The molecule has 0 aliphatic carbocycles. The van der Waals surface area contributed by atoms with Gasteiger partial charge < -0.3 is 14.8 Å². The molecule has 0 radical (unpaired) electrons. The number of para-hydroxylation sites is 2. The first-order valence-electron chi connectivity index (χ1n) is 9.53. The van der Waals surface area contributed by atoms with Gasteiger partial charge in [0.2, 0.25) is 0 Å². The molecule has 0 aromatic heterocycles. The lowest BCUT2D eigenvalue weighted by Crippen LogP contribution is -2.37. The van der Waals surface area contributed by atoms with Gasteiger partial charge in [0.15, 0.2) is 6.10 Å². The Labute approximate surface area is 174 Å². The first kappa shape index (κ1) is 21.0. The van der Waals surface area contributed by atoms with Crippen molar-refractivity contribution in [2.75, 3.05) is 0 Å². The van der Waals surface area contributed by atoms with Gasteiger partial charge in [0, 0.05) is 0 Å². The minimum Gasteiger partial charge on any atom is -0.456 e. The summed E-state index contributed by atoms with van der Waals surface area (Å²) < 4.78 is 24.2. The summed E-state index contributed by atoms with van der Waals surface area (Å²) in [6.45, 7) is 3.26. The second kappa shape index (κ2) is 9.69. The number of carbonyl (C=O) groups is 2. The Bertz CT molecular complexity index is 1010. The van der Waals surface area contributed by atoms with Crippen molar-refractivity contribution in [3.05, 3.63) is 95.8 Å². The molecule has 1 N–H and O–H groups in total. The highest BCUT2D eigenvalue weighted by Crippen LogP contribution is 2.26. The average molecular weight is 407 g/mol. The summed E-state index contributed by atoms with van der Waals surface area (Å²) >= 11 is 0. The molecule has 0 saturated heterocycles. The van der Waals surface area contributed by atoms with Crippen LogP contribution in [0, 0.1) is 5.82 Å². The van der Waals surface area contributed by atoms with E-state index in [1.54, 1.807) is 55.5 Å². The zero-order valence-corrected chi connectivity index (χ0v) is 16.7. The van der Waals surface area contributed by atoms with Crippen LogP contribution in [0.3, 0.4) is 0 Å². The maximum atomic E-state index is 13.1. The number of benzene rings is 3. The number of rotatable bonds is 7. The van der Waals surface area contributed by atoms with Crippen LogP contribution < -0.4 is 10.1 Å². The summed E-state index contributed by atoms with van der Waals surface area (Å²) in [6.07, 6.45) is -1.02. The third-order valence-electron chi connectivity index (χ3n) is 4.46. The van der Waals surface area contributed by atoms with Crippen molar-refractivity contribution in [3.63, 3.8) is 0 Å². The molecule has 0 spiro atoms. The van der Waals surface area contributed by atoms with E-state index in [1.807, 2.05) is 18.2 Å². The van der Waals surface area contributed by atoms with E-state index in [0.29, 0.717) is 11.5 Å². The molecule has 0 saturated carbocycles. The van der Waals surface area contributed by atoms with E-state index in [1.165, 1.54) is 19.1 Å². The van der Waals surface area contributed by atoms with E-state index < -0.39 is 18.0 Å². The Balaban J connectivity index is 1.64. The van der Waals surface area contributed by atoms with Crippen molar-refractivity contribution in [2.45, 2.75) is 26.0 Å². The summed E-state index contributed by atoms with van der Waals surface area (Å²) in [7, 11) is 0. The summed E-state index contributed by atoms with van der Waals surface area (Å²) in [5.74, 6) is -0.561. The quantitative estimate of drug-likeness (QED) is 0.557. The minimum atomic E-state index is -1.02. The van der Waals surface area contributed by atoms with Crippen LogP contribution in [0.1, 0.15) is 35.8 Å². The second-order valence-corrected chi connectivity index (χ2v) is 6.74. The number of amides is 1. The van der Waals surface area contributed by atoms with Crippen LogP contribution in [0.2, 0.25) is 0 Å². The van der Waals surface area contributed by atoms with Crippen LogP contribution in [0.4, 0.5) is 4.39 Å². The molecule has 2 atom stereocenters. The lowest BCUT2D eigenvalue weighted by atomic mass is 10.1. The van der Waals surface area contributed by atoms with Crippen molar-refractivity contribution < 1.29 is 23.5 Å². The molecule has 154 valence electrons. The Kier molecular flexibility index (Phi) is 6.80. The Hall–Kier alpha value is -3.67. The van der Waals surface area contributed by atoms with Crippen molar-refractivity contribution in [1.82, 2.24) is 5.32 Å². The fourth-order valence-corrected chi connectivity index (χ4v) is 2.78. The lowest BCUT2D eigenvalue weighted by molar-refractivity contribution is -0.129. The van der Waals surface area contributed by atoms with E-state index in [0.717, 1.165) is 5.56 Å². The predicted octanol–water partition coefficient (Wildman–Crippen LogP) is 5.04. The predicted molar refractivity (Wildman–Crippen MR) is 111 cm³/mol. The first-order chi connectivity index (χ1) is 14.4. The van der Waals surface area contributed by atoms with E-state index in [-0.39, 0.29) is 17.4 Å². The van der Waals surface area contributed by atoms with Crippen LogP contribution in [0.25, 0.3) is 0 Å². The van der Waals surface area contributed by atoms with Gasteiger partial charge in [-0.15, -0.1) is 0 Å². The number of hydrogen-bond donors (Lipinski definition) is 1. The molecule has 3 rings (SSSR count). The van der Waals surface area contributed by atoms with Gasteiger partial charge in [-0.25, -0.2) is 9.18 Å². The molecule has 0 aliphatic rings. The molecule has 5 nitrogen and oxygen atoms in total. The van der Waals surface area contributed by atoms with E-state index in [2.05, 4.69) is 5.32 Å². The first-order valence-corrected chi connectivity index (χ1v) is 9.53. The number of nitrogens with one attached hydrogen (secondary N) is 1. The Morgan fingerprint density at radius 1 is 0.867 bits per heavy atom. The maximum absolute atomic E-state index is 13.1. The van der Waals surface area contributed by atoms with E-state index in [9.17, 15) is 14.0 Å². The largest absolute Gasteiger partial charge is 0.456 e. The Morgan fingerprint density at radius 3 is 2.20 bits per heavy atom. The van der Waals surface area contributed by atoms with Crippen LogP contribution in [0.5, 0.6) is 11.5 Å². The van der Waals surface area contributed by atoms with Gasteiger partial charge in [-0.05, 0) is 55.8 Å². The number of ether oxygens (including phenoxy) is 2. The van der Waals surface area contributed by atoms with Crippen LogP contribution in [0.15, 0.2) is 78.9 Å². The molecule has 3 aromatic carbocycles. The van der Waals surface area contributed by atoms with E-state index in [4.69, 9.17) is 9.47 Å². The molecule has 1 amide bonds. The standard InChI is InChI=1S/C24H22FNO4/c1-16(18-12-14-19(25)15-13-18)26-23(27)17(2)29-24(28)21-10-6-7-11-22(21)30-20-8-4-3-5-9-20/h3-17H,1-2H3,(H,26,27)/t16-,17+/m1/s1. The minimum absolute atomic E-state index is 0.215. The molecular formula is C24H22FNO4. The third kappa shape index (κ3) is 5.44. The van der Waals surface area contributed by atoms with Gasteiger partial charge in [0.05, 0.1) is 6.04 Å². The summed E-state index contributed by atoms with van der Waals surface area (Å²) in [4.78, 5) is 25.1. The fraction of sp³-hybridized carbons (Fsp3) is 0.167. The number of halogens is 1. The summed E-state index contributed by atoms with van der Waals surface area (Å²) in [5, 5.41) is 2.76. The van der Waals surface area contributed by atoms with Crippen molar-refractivity contribution in [1.29, 1.82) is 0 Å². The number of esters is 1. The summed E-state index contributed by atoms with van der Waals surface area (Å²) in [6, 6.07) is 21.2. The van der Waals surface area contributed by atoms with Gasteiger partial charge in [-0.3, -0.25) is 4.79 Å². The van der Waals surface area contributed by atoms with Gasteiger partial charge in [-0.1, -0.05) is 42.5 Å². The highest BCUT2D eigenvalue weighted by Gasteiger charge is 2.23. The van der Waals surface area contributed by atoms with Gasteiger partial charge >= 0.3 is 5.97 Å². The molecule has 30 heavy (non-hydrogen) atoms. The Morgan fingerprint density at radius 2 is 1.50 bits per heavy atom. The highest BCUT2D eigenvalue weighted by atomic mass is 19.1. The van der Waals surface area contributed by atoms with Crippen LogP contribution >= 0.6 is 0 Å². The van der Waals surface area contributed by atoms with Gasteiger partial charge in [-0.2, -0.15) is 0 Å². The second-order valence-electron chi connectivity index (χ2n) is 6.74. The smallest absolute Gasteiger partial charge is 0.342 e. The monoisotopic (exact) mass is 407 g/mol. The molecule has 6 heteroatoms. The van der Waals surface area contributed by atoms with E-state index >= 15 is 0 Å². The third-order valence-corrected chi connectivity index (χ3v) is 4.46. The van der Waals surface area contributed by atoms with Crippen molar-refractivity contribution >= 4 is 11.9 Å². The molecule has 0 fully saturated rings. The van der Waals surface area contributed by atoms with Crippen molar-refractivity contribution in [2.24, 2.45) is 0 Å². The molecule has 3 aromatic rings. The van der Waals surface area contributed by atoms with Gasteiger partial charge in [0.25, 0.3) is 5.91 Å². The SMILES string of the molecule is C[C@H](OC(=O)c1ccccc1Oc1ccccc1)C(=O)N[C@H](C)c1ccc(F)cc1. The van der Waals surface area contributed by atoms with Crippen molar-refractivity contribution in [3.8, 4) is 11.5 Å². The topological polar surface area (TPSA) is 64.6 Å². The number of carbonyl (C=O) groups excluding carboxylic acids is 2.